The number of amides is 2. The summed E-state index contributed by atoms with van der Waals surface area (Å²) in [5, 5.41) is 0. The van der Waals surface area contributed by atoms with Crippen LogP contribution < -0.4 is 0 Å². The molecular formula is C17H25NO5. The van der Waals surface area contributed by atoms with Gasteiger partial charge in [-0.3, -0.25) is 9.59 Å². The first-order valence-electron chi connectivity index (χ1n) is 7.86. The monoisotopic (exact) mass is 323 g/mol. The Morgan fingerprint density at radius 3 is 2.17 bits per heavy atom. The summed E-state index contributed by atoms with van der Waals surface area (Å²) in [5.74, 6) is -1.21. The van der Waals surface area contributed by atoms with Crippen LogP contribution in [-0.4, -0.2) is 40.1 Å². The molecule has 128 valence electrons. The number of rotatable bonds is 1. The average molecular weight is 323 g/mol. The summed E-state index contributed by atoms with van der Waals surface area (Å²) >= 11 is 0. The molecule has 0 N–H and O–H groups in total. The van der Waals surface area contributed by atoms with E-state index in [-0.39, 0.29) is 23.8 Å². The Kier molecular flexibility index (Phi) is 4.30. The SMILES string of the molecule is CC(C)(C)OC(=O)C1CC2C1C=CC(=O)N2C(=O)OC(C)(C)C. The molecule has 0 aromatic rings. The van der Waals surface area contributed by atoms with Crippen LogP contribution in [0.2, 0.25) is 0 Å². The first kappa shape index (κ1) is 17.5. The first-order valence-corrected chi connectivity index (χ1v) is 7.86. The summed E-state index contributed by atoms with van der Waals surface area (Å²) in [6.07, 6.45) is 2.78. The van der Waals surface area contributed by atoms with E-state index in [9.17, 15) is 14.4 Å². The van der Waals surface area contributed by atoms with Gasteiger partial charge in [0.15, 0.2) is 0 Å². The maximum atomic E-state index is 12.3. The van der Waals surface area contributed by atoms with Gasteiger partial charge in [0.2, 0.25) is 0 Å². The molecule has 1 fully saturated rings. The van der Waals surface area contributed by atoms with E-state index in [0.29, 0.717) is 6.42 Å². The number of carbonyl (C=O) groups excluding carboxylic acids is 3. The van der Waals surface area contributed by atoms with Crippen LogP contribution in [0.15, 0.2) is 12.2 Å². The maximum Gasteiger partial charge on any atom is 0.417 e. The summed E-state index contributed by atoms with van der Waals surface area (Å²) in [5.41, 5.74) is -1.23. The summed E-state index contributed by atoms with van der Waals surface area (Å²) < 4.78 is 10.7. The molecule has 1 aliphatic carbocycles. The predicted octanol–water partition coefficient (Wildman–Crippen LogP) is 2.67. The fourth-order valence-electron chi connectivity index (χ4n) is 2.79. The smallest absolute Gasteiger partial charge is 0.417 e. The number of hydrogen-bond acceptors (Lipinski definition) is 5. The highest BCUT2D eigenvalue weighted by molar-refractivity contribution is 6.00. The molecule has 23 heavy (non-hydrogen) atoms. The average Bonchev–Trinajstić information content (AvgIpc) is 2.27. The highest BCUT2D eigenvalue weighted by Crippen LogP contribution is 2.43. The fourth-order valence-corrected chi connectivity index (χ4v) is 2.79. The molecule has 1 heterocycles. The molecular weight excluding hydrogens is 298 g/mol. The lowest BCUT2D eigenvalue weighted by atomic mass is 9.67. The third kappa shape index (κ3) is 3.92. The molecule has 6 nitrogen and oxygen atoms in total. The van der Waals surface area contributed by atoms with E-state index in [0.717, 1.165) is 4.90 Å². The molecule has 0 saturated heterocycles. The van der Waals surface area contributed by atoms with E-state index in [1.54, 1.807) is 26.8 Å². The van der Waals surface area contributed by atoms with Gasteiger partial charge in [0.05, 0.1) is 12.0 Å². The molecule has 1 aliphatic heterocycles. The number of imide groups is 1. The zero-order valence-electron chi connectivity index (χ0n) is 14.6. The highest BCUT2D eigenvalue weighted by Gasteiger charge is 2.53. The molecule has 6 heteroatoms. The van der Waals surface area contributed by atoms with Gasteiger partial charge < -0.3 is 9.47 Å². The van der Waals surface area contributed by atoms with Crippen molar-refractivity contribution in [2.45, 2.75) is 65.2 Å². The van der Waals surface area contributed by atoms with Gasteiger partial charge in [0, 0.05) is 12.0 Å². The van der Waals surface area contributed by atoms with E-state index in [2.05, 4.69) is 0 Å². The molecule has 2 rings (SSSR count). The van der Waals surface area contributed by atoms with Crippen molar-refractivity contribution in [1.82, 2.24) is 4.90 Å². The Bertz CT molecular complexity index is 552. The van der Waals surface area contributed by atoms with Gasteiger partial charge in [0.25, 0.3) is 5.91 Å². The predicted molar refractivity (Wildman–Crippen MR) is 83.5 cm³/mol. The van der Waals surface area contributed by atoms with Crippen molar-refractivity contribution in [1.29, 1.82) is 0 Å². The normalized spacial score (nSPS) is 27.1. The van der Waals surface area contributed by atoms with E-state index < -0.39 is 23.2 Å². The van der Waals surface area contributed by atoms with Crippen molar-refractivity contribution in [2.75, 3.05) is 0 Å². The van der Waals surface area contributed by atoms with Crippen molar-refractivity contribution >= 4 is 18.0 Å². The molecule has 0 bridgehead atoms. The van der Waals surface area contributed by atoms with Crippen LogP contribution in [0, 0.1) is 11.8 Å². The van der Waals surface area contributed by atoms with Crippen molar-refractivity contribution in [3.8, 4) is 0 Å². The van der Waals surface area contributed by atoms with E-state index >= 15 is 0 Å². The van der Waals surface area contributed by atoms with Gasteiger partial charge in [-0.2, -0.15) is 0 Å². The van der Waals surface area contributed by atoms with E-state index in [1.807, 2.05) is 20.8 Å². The third-order valence-corrected chi connectivity index (χ3v) is 3.73. The van der Waals surface area contributed by atoms with Crippen LogP contribution in [0.3, 0.4) is 0 Å². The van der Waals surface area contributed by atoms with Crippen molar-refractivity contribution in [3.63, 3.8) is 0 Å². The Balaban J connectivity index is 2.09. The van der Waals surface area contributed by atoms with Gasteiger partial charge in [-0.25, -0.2) is 9.69 Å². The fraction of sp³-hybridized carbons (Fsp3) is 0.706. The summed E-state index contributed by atoms with van der Waals surface area (Å²) in [6, 6.07) is -0.333. The summed E-state index contributed by atoms with van der Waals surface area (Å²) in [4.78, 5) is 37.6. The largest absolute Gasteiger partial charge is 0.460 e. The molecule has 0 aromatic heterocycles. The van der Waals surface area contributed by atoms with E-state index in [1.165, 1.54) is 6.08 Å². The molecule has 2 amide bonds. The molecule has 0 aromatic carbocycles. The minimum atomic E-state index is -0.678. The Morgan fingerprint density at radius 1 is 1.09 bits per heavy atom. The number of carbonyl (C=O) groups is 3. The number of fused-ring (bicyclic) bond motifs is 1. The van der Waals surface area contributed by atoms with Crippen LogP contribution in [0.25, 0.3) is 0 Å². The third-order valence-electron chi connectivity index (χ3n) is 3.73. The number of ether oxygens (including phenoxy) is 2. The molecule has 3 unspecified atom stereocenters. The van der Waals surface area contributed by atoms with Crippen LogP contribution in [0.5, 0.6) is 0 Å². The second-order valence-electron chi connectivity index (χ2n) is 8.07. The van der Waals surface area contributed by atoms with Gasteiger partial charge in [-0.15, -0.1) is 0 Å². The van der Waals surface area contributed by atoms with Crippen LogP contribution in [0.1, 0.15) is 48.0 Å². The standard InChI is InChI=1S/C17H25NO5/c1-16(2,3)22-14(20)11-9-12-10(11)7-8-13(19)18(12)15(21)23-17(4,5)6/h7-8,10-12H,9H2,1-6H3. The second-order valence-corrected chi connectivity index (χ2v) is 8.07. The maximum absolute atomic E-state index is 12.3. The number of nitrogens with zero attached hydrogens (tertiary/aromatic N) is 1. The lowest BCUT2D eigenvalue weighted by Crippen LogP contribution is -2.60. The van der Waals surface area contributed by atoms with Gasteiger partial charge in [-0.1, -0.05) is 6.08 Å². The minimum Gasteiger partial charge on any atom is -0.460 e. The second kappa shape index (κ2) is 5.65. The zero-order valence-corrected chi connectivity index (χ0v) is 14.6. The zero-order chi connectivity index (χ0) is 17.6. The van der Waals surface area contributed by atoms with Crippen molar-refractivity contribution < 1.29 is 23.9 Å². The van der Waals surface area contributed by atoms with E-state index in [4.69, 9.17) is 9.47 Å². The Labute approximate surface area is 136 Å². The van der Waals surface area contributed by atoms with Gasteiger partial charge in [-0.05, 0) is 48.0 Å². The molecule has 3 atom stereocenters. The molecule has 2 aliphatic rings. The Hall–Kier alpha value is -1.85. The van der Waals surface area contributed by atoms with Crippen LogP contribution >= 0.6 is 0 Å². The van der Waals surface area contributed by atoms with Crippen LogP contribution in [-0.2, 0) is 19.1 Å². The topological polar surface area (TPSA) is 72.9 Å². The van der Waals surface area contributed by atoms with Gasteiger partial charge in [0.1, 0.15) is 11.2 Å². The molecule has 1 saturated carbocycles. The summed E-state index contributed by atoms with van der Waals surface area (Å²) in [7, 11) is 0. The molecule has 0 radical (unpaired) electrons. The number of hydrogen-bond donors (Lipinski definition) is 0. The lowest BCUT2D eigenvalue weighted by molar-refractivity contribution is -0.170. The Morgan fingerprint density at radius 2 is 1.65 bits per heavy atom. The minimum absolute atomic E-state index is 0.199. The quantitative estimate of drug-likeness (QED) is 0.694. The number of esters is 1. The molecule has 0 spiro atoms. The first-order chi connectivity index (χ1) is 10.4. The van der Waals surface area contributed by atoms with Crippen LogP contribution in [0.4, 0.5) is 4.79 Å². The van der Waals surface area contributed by atoms with Crippen molar-refractivity contribution in [3.05, 3.63) is 12.2 Å². The summed E-state index contributed by atoms with van der Waals surface area (Å²) in [6.45, 7) is 10.7. The van der Waals surface area contributed by atoms with Crippen molar-refractivity contribution in [2.24, 2.45) is 11.8 Å². The van der Waals surface area contributed by atoms with Gasteiger partial charge >= 0.3 is 12.1 Å². The lowest BCUT2D eigenvalue weighted by Gasteiger charge is -2.48. The highest BCUT2D eigenvalue weighted by atomic mass is 16.6.